The van der Waals surface area contributed by atoms with Crippen molar-refractivity contribution in [3.63, 3.8) is 0 Å². The van der Waals surface area contributed by atoms with Crippen LogP contribution in [0.2, 0.25) is 0 Å². The van der Waals surface area contributed by atoms with Crippen LogP contribution in [0.25, 0.3) is 21.8 Å². The average molecular weight is 443 g/mol. The van der Waals surface area contributed by atoms with E-state index in [1.807, 2.05) is 48.5 Å². The number of carbonyl (C=O) groups excluding carboxylic acids is 2. The van der Waals surface area contributed by atoms with Gasteiger partial charge < -0.3 is 10.8 Å². The van der Waals surface area contributed by atoms with Crippen molar-refractivity contribution >= 4 is 39.2 Å². The topological polar surface area (TPSA) is 136 Å². The van der Waals surface area contributed by atoms with Gasteiger partial charge in [-0.3, -0.25) is 19.7 Å². The van der Waals surface area contributed by atoms with Gasteiger partial charge in [0.05, 0.1) is 28.5 Å². The van der Waals surface area contributed by atoms with E-state index in [2.05, 4.69) is 4.98 Å². The molecule has 1 amide bonds. The number of primary amides is 1. The van der Waals surface area contributed by atoms with E-state index in [1.54, 1.807) is 6.07 Å². The molecule has 3 N–H and O–H groups in total. The number of aliphatic hydroxyl groups is 1. The summed E-state index contributed by atoms with van der Waals surface area (Å²) in [6.07, 6.45) is -0.0448. The number of nitro benzene ring substituents is 1. The van der Waals surface area contributed by atoms with Gasteiger partial charge in [-0.15, -0.1) is 0 Å². The fraction of sp³-hybridized carbons (Fsp3) is 0.160. The van der Waals surface area contributed by atoms with Gasteiger partial charge in [0.15, 0.2) is 5.78 Å². The largest absolute Gasteiger partial charge is 0.396 e. The number of para-hydroxylation sites is 2. The third kappa shape index (κ3) is 4.42. The molecule has 0 saturated carbocycles. The number of hydrogen-bond donors (Lipinski definition) is 2. The van der Waals surface area contributed by atoms with Crippen LogP contribution < -0.4 is 5.73 Å². The Labute approximate surface area is 188 Å². The molecule has 1 heterocycles. The van der Waals surface area contributed by atoms with Gasteiger partial charge >= 0.3 is 0 Å². The van der Waals surface area contributed by atoms with E-state index < -0.39 is 29.1 Å². The molecule has 8 heteroatoms. The van der Waals surface area contributed by atoms with Gasteiger partial charge in [0.1, 0.15) is 0 Å². The summed E-state index contributed by atoms with van der Waals surface area (Å²) in [5.74, 6) is -2.33. The molecule has 0 radical (unpaired) electrons. The second-order valence-corrected chi connectivity index (χ2v) is 7.81. The number of aromatic nitrogens is 1. The van der Waals surface area contributed by atoms with E-state index in [0.29, 0.717) is 5.56 Å². The Bertz CT molecular complexity index is 1350. The summed E-state index contributed by atoms with van der Waals surface area (Å²) >= 11 is 0. The molecule has 1 aromatic heterocycles. The summed E-state index contributed by atoms with van der Waals surface area (Å²) in [4.78, 5) is 39.9. The number of nitrogens with zero attached hydrogens (tertiary/aromatic N) is 2. The fourth-order valence-electron chi connectivity index (χ4n) is 3.96. The van der Waals surface area contributed by atoms with E-state index in [0.717, 1.165) is 27.4 Å². The van der Waals surface area contributed by atoms with Gasteiger partial charge in [0.2, 0.25) is 5.91 Å². The van der Waals surface area contributed by atoms with Crippen LogP contribution in [0, 0.1) is 16.0 Å². The minimum absolute atomic E-state index is 0.0922. The van der Waals surface area contributed by atoms with E-state index in [-0.39, 0.29) is 24.1 Å². The molecule has 3 aromatic carbocycles. The van der Waals surface area contributed by atoms with Gasteiger partial charge in [0, 0.05) is 40.8 Å². The number of carbonyl (C=O) groups is 2. The molecule has 4 rings (SSSR count). The van der Waals surface area contributed by atoms with Crippen molar-refractivity contribution in [2.24, 2.45) is 11.7 Å². The molecule has 8 nitrogen and oxygen atoms in total. The number of nitro groups is 1. The van der Waals surface area contributed by atoms with Crippen LogP contribution in [0.4, 0.5) is 5.69 Å². The first kappa shape index (κ1) is 22.0. The van der Waals surface area contributed by atoms with Crippen molar-refractivity contribution in [3.8, 4) is 0 Å². The molecule has 0 bridgehead atoms. The van der Waals surface area contributed by atoms with Crippen molar-refractivity contribution < 1.29 is 19.6 Å². The molecule has 0 aliphatic heterocycles. The molecular formula is C25H21N3O5. The third-order valence-electron chi connectivity index (χ3n) is 5.72. The monoisotopic (exact) mass is 443 g/mol. The Morgan fingerprint density at radius 1 is 1.00 bits per heavy atom. The molecular weight excluding hydrogens is 422 g/mol. The fourth-order valence-corrected chi connectivity index (χ4v) is 3.96. The second-order valence-electron chi connectivity index (χ2n) is 7.81. The molecule has 0 spiro atoms. The maximum absolute atomic E-state index is 12.6. The lowest BCUT2D eigenvalue weighted by molar-refractivity contribution is -0.385. The average Bonchev–Trinajstić information content (AvgIpc) is 2.82. The minimum Gasteiger partial charge on any atom is -0.396 e. The molecule has 0 aliphatic rings. The summed E-state index contributed by atoms with van der Waals surface area (Å²) < 4.78 is 0. The van der Waals surface area contributed by atoms with Gasteiger partial charge in [-0.1, -0.05) is 48.5 Å². The molecule has 1 atom stereocenters. The van der Waals surface area contributed by atoms with Crippen LogP contribution in [0.1, 0.15) is 27.9 Å². The predicted molar refractivity (Wildman–Crippen MR) is 124 cm³/mol. The highest BCUT2D eigenvalue weighted by molar-refractivity contribution is 6.00. The number of amides is 1. The summed E-state index contributed by atoms with van der Waals surface area (Å²) in [5, 5.41) is 22.9. The number of nitrogens with two attached hydrogens (primary N) is 1. The lowest BCUT2D eigenvalue weighted by atomic mass is 9.93. The van der Waals surface area contributed by atoms with Gasteiger partial charge in [-0.2, -0.15) is 0 Å². The quantitative estimate of drug-likeness (QED) is 0.185. The van der Waals surface area contributed by atoms with Crippen molar-refractivity contribution in [1.82, 2.24) is 4.98 Å². The normalized spacial score (nSPS) is 12.0. The first-order valence-electron chi connectivity index (χ1n) is 10.4. The second kappa shape index (κ2) is 9.13. The number of fused-ring (bicyclic) bond motifs is 2. The van der Waals surface area contributed by atoms with Crippen LogP contribution >= 0.6 is 0 Å². The van der Waals surface area contributed by atoms with Gasteiger partial charge in [-0.05, 0) is 17.7 Å². The first-order valence-corrected chi connectivity index (χ1v) is 10.4. The highest BCUT2D eigenvalue weighted by atomic mass is 16.6. The Morgan fingerprint density at radius 3 is 2.15 bits per heavy atom. The summed E-state index contributed by atoms with van der Waals surface area (Å²) in [6.45, 7) is -0.566. The number of pyridine rings is 1. The number of rotatable bonds is 8. The smallest absolute Gasteiger partial charge is 0.273 e. The van der Waals surface area contributed by atoms with Crippen molar-refractivity contribution in [2.45, 2.75) is 12.8 Å². The van der Waals surface area contributed by atoms with Crippen molar-refractivity contribution in [1.29, 1.82) is 0 Å². The summed E-state index contributed by atoms with van der Waals surface area (Å²) in [5.41, 5.74) is 8.04. The van der Waals surface area contributed by atoms with Gasteiger partial charge in [-0.25, -0.2) is 4.98 Å². The van der Waals surface area contributed by atoms with Crippen LogP contribution in [-0.2, 0) is 11.2 Å². The molecule has 4 aromatic rings. The molecule has 0 fully saturated rings. The lowest BCUT2D eigenvalue weighted by Crippen LogP contribution is -2.28. The maximum Gasteiger partial charge on any atom is 0.273 e. The predicted octanol–water partition coefficient (Wildman–Crippen LogP) is 3.55. The maximum atomic E-state index is 12.6. The zero-order valence-electron chi connectivity index (χ0n) is 17.6. The number of hydrogen-bond acceptors (Lipinski definition) is 6. The Kier molecular flexibility index (Phi) is 6.10. The summed E-state index contributed by atoms with van der Waals surface area (Å²) in [7, 11) is 0. The van der Waals surface area contributed by atoms with E-state index in [4.69, 9.17) is 5.73 Å². The standard InChI is InChI=1S/C25H21N3O5/c26-25(31)17(14-29)13-24(30)16-10-9-15(23(12-16)28(32)33)11-20-18-5-1-3-7-21(18)27-22-8-4-2-6-19(20)22/h1-10,12,17,29H,11,13-14H2,(H2,26,31). The Morgan fingerprint density at radius 2 is 1.61 bits per heavy atom. The number of Topliss-reactive ketones (excluding diaryl/α,β-unsaturated/α-hetero) is 1. The molecule has 1 unspecified atom stereocenters. The van der Waals surface area contributed by atoms with Crippen LogP contribution in [0.5, 0.6) is 0 Å². The zero-order valence-corrected chi connectivity index (χ0v) is 17.6. The van der Waals surface area contributed by atoms with Crippen molar-refractivity contribution in [3.05, 3.63) is 93.5 Å². The van der Waals surface area contributed by atoms with E-state index in [1.165, 1.54) is 12.1 Å². The SMILES string of the molecule is NC(=O)C(CO)CC(=O)c1ccc(Cc2c3ccccc3nc3ccccc23)c([N+](=O)[O-])c1. The molecule has 0 saturated heterocycles. The van der Waals surface area contributed by atoms with Crippen LogP contribution in [0.3, 0.4) is 0 Å². The molecule has 0 aliphatic carbocycles. The molecule has 166 valence electrons. The first-order chi connectivity index (χ1) is 15.9. The van der Waals surface area contributed by atoms with E-state index >= 15 is 0 Å². The van der Waals surface area contributed by atoms with Crippen LogP contribution in [-0.4, -0.2) is 33.3 Å². The molecule has 33 heavy (non-hydrogen) atoms. The lowest BCUT2D eigenvalue weighted by Gasteiger charge is -2.12. The zero-order chi connectivity index (χ0) is 23.5. The number of aliphatic hydroxyl groups excluding tert-OH is 1. The minimum atomic E-state index is -1.04. The number of ketones is 1. The Hall–Kier alpha value is -4.17. The highest BCUT2D eigenvalue weighted by Crippen LogP contribution is 2.31. The van der Waals surface area contributed by atoms with Gasteiger partial charge in [0.25, 0.3) is 5.69 Å². The summed E-state index contributed by atoms with van der Waals surface area (Å²) in [6, 6.07) is 19.5. The van der Waals surface area contributed by atoms with Crippen LogP contribution in [0.15, 0.2) is 66.7 Å². The third-order valence-corrected chi connectivity index (χ3v) is 5.72. The Balaban J connectivity index is 1.78. The highest BCUT2D eigenvalue weighted by Gasteiger charge is 2.23. The number of benzene rings is 3. The van der Waals surface area contributed by atoms with Crippen molar-refractivity contribution in [2.75, 3.05) is 6.61 Å². The van der Waals surface area contributed by atoms with E-state index in [9.17, 15) is 24.8 Å².